The Bertz CT molecular complexity index is 1230. The van der Waals surface area contributed by atoms with Crippen LogP contribution >= 0.6 is 15.6 Å². The fourth-order valence-electron chi connectivity index (χ4n) is 5.80. The van der Waals surface area contributed by atoms with Gasteiger partial charge in [0.1, 0.15) is 12.7 Å². The first-order valence-electron chi connectivity index (χ1n) is 22.3. The van der Waals surface area contributed by atoms with Crippen LogP contribution < -0.4 is 0 Å². The second-order valence-electron chi connectivity index (χ2n) is 15.0. The van der Waals surface area contributed by atoms with Gasteiger partial charge in [0.25, 0.3) is 0 Å². The van der Waals surface area contributed by atoms with Crippen LogP contribution in [0.3, 0.4) is 0 Å². The summed E-state index contributed by atoms with van der Waals surface area (Å²) in [5, 5.41) is 9.74. The summed E-state index contributed by atoms with van der Waals surface area (Å²) in [6.45, 7) is 1.70. The SMILES string of the molecule is CCCCC/C=C\C/C=C\C/C=C\C/C=C\CCCCCC(=O)O[C@H](COC(=O)CCCCCCCCCCCCCCC)COP(=O)(O)OC[C@@H](O)COP(=O)(O)O. The molecule has 0 bridgehead atoms. The van der Waals surface area contributed by atoms with Crippen molar-refractivity contribution in [3.63, 3.8) is 0 Å². The molecule has 0 aromatic carbocycles. The highest BCUT2D eigenvalue weighted by Gasteiger charge is 2.28. The molecule has 0 rings (SSSR count). The number of hydrogen-bond donors (Lipinski definition) is 4. The van der Waals surface area contributed by atoms with E-state index in [1.807, 2.05) is 0 Å². The number of aliphatic hydroxyl groups excluding tert-OH is 1. The second-order valence-corrected chi connectivity index (χ2v) is 17.7. The molecule has 0 aliphatic rings. The fraction of sp³-hybridized carbons (Fsp3) is 0.773. The van der Waals surface area contributed by atoms with Crippen LogP contribution in [-0.4, -0.2) is 70.4 Å². The molecule has 59 heavy (non-hydrogen) atoms. The van der Waals surface area contributed by atoms with Crippen molar-refractivity contribution in [1.82, 2.24) is 0 Å². The van der Waals surface area contributed by atoms with Gasteiger partial charge in [-0.2, -0.15) is 0 Å². The molecule has 0 aromatic rings. The molecular formula is C44H80O13P2. The van der Waals surface area contributed by atoms with Gasteiger partial charge in [0.05, 0.1) is 19.8 Å². The molecule has 0 spiro atoms. The van der Waals surface area contributed by atoms with E-state index in [1.54, 1.807) is 0 Å². The Morgan fingerprint density at radius 2 is 0.881 bits per heavy atom. The van der Waals surface area contributed by atoms with E-state index in [4.69, 9.17) is 23.8 Å². The average Bonchev–Trinajstić information content (AvgIpc) is 3.19. The van der Waals surface area contributed by atoms with Crippen LogP contribution in [0.4, 0.5) is 0 Å². The lowest BCUT2D eigenvalue weighted by atomic mass is 10.0. The van der Waals surface area contributed by atoms with Gasteiger partial charge >= 0.3 is 27.6 Å². The third-order valence-corrected chi connectivity index (χ3v) is 10.6. The molecule has 0 aliphatic carbocycles. The molecule has 0 amide bonds. The van der Waals surface area contributed by atoms with E-state index < -0.39 is 66.2 Å². The topological polar surface area (TPSA) is 195 Å². The first-order chi connectivity index (χ1) is 28.4. The molecule has 4 N–H and O–H groups in total. The van der Waals surface area contributed by atoms with Gasteiger partial charge in [-0.05, 0) is 57.8 Å². The number of rotatable bonds is 42. The van der Waals surface area contributed by atoms with Crippen molar-refractivity contribution in [3.8, 4) is 0 Å². The van der Waals surface area contributed by atoms with Gasteiger partial charge in [0.2, 0.25) is 0 Å². The number of carbonyl (C=O) groups is 2. The molecule has 0 aliphatic heterocycles. The molecule has 3 atom stereocenters. The molecule has 0 saturated heterocycles. The number of esters is 2. The second kappa shape index (κ2) is 40.2. The van der Waals surface area contributed by atoms with E-state index in [1.165, 1.54) is 77.0 Å². The standard InChI is InChI=1S/C44H80O13P2/c1-3-5-7-9-11-13-15-17-18-19-20-21-22-24-26-28-30-32-34-36-44(47)57-42(40-56-59(51,52)55-38-41(45)37-54-58(48,49)50)39-53-43(46)35-33-31-29-27-25-23-16-14-12-10-8-6-4-2/h11,13,17-18,20-21,24,26,41-42,45H,3-10,12,14-16,19,22-23,25,27-40H2,1-2H3,(H,51,52)(H2,48,49,50)/b13-11-,18-17-,21-20-,26-24-/t41-,42+/m0/s1. The van der Waals surface area contributed by atoms with Crippen molar-refractivity contribution in [1.29, 1.82) is 0 Å². The number of allylic oxidation sites excluding steroid dienone is 8. The molecule has 0 heterocycles. The normalized spacial score (nSPS) is 14.5. The Kier molecular flexibility index (Phi) is 38.9. The van der Waals surface area contributed by atoms with Crippen molar-refractivity contribution < 1.29 is 61.6 Å². The van der Waals surface area contributed by atoms with Gasteiger partial charge < -0.3 is 29.3 Å². The Morgan fingerprint density at radius 3 is 1.39 bits per heavy atom. The van der Waals surface area contributed by atoms with Crippen LogP contribution in [0.1, 0.15) is 181 Å². The number of carbonyl (C=O) groups excluding carboxylic acids is 2. The Labute approximate surface area is 356 Å². The van der Waals surface area contributed by atoms with E-state index in [9.17, 15) is 28.7 Å². The third kappa shape index (κ3) is 44.0. The van der Waals surface area contributed by atoms with Gasteiger partial charge in [-0.25, -0.2) is 9.13 Å². The molecule has 344 valence electrons. The van der Waals surface area contributed by atoms with Crippen molar-refractivity contribution in [2.75, 3.05) is 26.4 Å². The van der Waals surface area contributed by atoms with E-state index >= 15 is 0 Å². The number of phosphoric ester groups is 2. The van der Waals surface area contributed by atoms with E-state index in [0.717, 1.165) is 64.2 Å². The van der Waals surface area contributed by atoms with Crippen molar-refractivity contribution >= 4 is 27.6 Å². The fourth-order valence-corrected chi connectivity index (χ4v) is 6.96. The van der Waals surface area contributed by atoms with Gasteiger partial charge in [0, 0.05) is 12.8 Å². The zero-order valence-corrected chi connectivity index (χ0v) is 38.1. The van der Waals surface area contributed by atoms with Crippen molar-refractivity contribution in [2.24, 2.45) is 0 Å². The summed E-state index contributed by atoms with van der Waals surface area (Å²) in [6, 6.07) is 0. The molecule has 0 radical (unpaired) electrons. The van der Waals surface area contributed by atoms with Crippen molar-refractivity contribution in [3.05, 3.63) is 48.6 Å². The molecule has 0 fully saturated rings. The van der Waals surface area contributed by atoms with Gasteiger partial charge in [-0.1, -0.05) is 159 Å². The van der Waals surface area contributed by atoms with E-state index in [0.29, 0.717) is 12.8 Å². The summed E-state index contributed by atoms with van der Waals surface area (Å²) in [4.78, 5) is 52.7. The molecule has 0 aromatic heterocycles. The Morgan fingerprint density at radius 1 is 0.492 bits per heavy atom. The lowest BCUT2D eigenvalue weighted by Crippen LogP contribution is -2.30. The number of aliphatic hydroxyl groups is 1. The summed E-state index contributed by atoms with van der Waals surface area (Å²) in [7, 11) is -9.68. The predicted molar refractivity (Wildman–Crippen MR) is 235 cm³/mol. The van der Waals surface area contributed by atoms with Crippen molar-refractivity contribution in [2.45, 2.75) is 193 Å². The maximum atomic E-state index is 12.7. The van der Waals surface area contributed by atoms with Crippen LogP contribution in [0.15, 0.2) is 48.6 Å². The van der Waals surface area contributed by atoms with E-state index in [-0.39, 0.29) is 12.8 Å². The lowest BCUT2D eigenvalue weighted by Gasteiger charge is -2.20. The Hall–Kier alpha value is -1.92. The smallest absolute Gasteiger partial charge is 0.462 e. The summed E-state index contributed by atoms with van der Waals surface area (Å²) in [5.41, 5.74) is 0. The molecule has 1 unspecified atom stereocenters. The summed E-state index contributed by atoms with van der Waals surface area (Å²) >= 11 is 0. The first-order valence-corrected chi connectivity index (χ1v) is 25.4. The lowest BCUT2D eigenvalue weighted by molar-refractivity contribution is -0.161. The van der Waals surface area contributed by atoms with E-state index in [2.05, 4.69) is 71.5 Å². The van der Waals surface area contributed by atoms with Gasteiger partial charge in [-0.3, -0.25) is 23.2 Å². The monoisotopic (exact) mass is 879 g/mol. The minimum Gasteiger partial charge on any atom is -0.462 e. The maximum absolute atomic E-state index is 12.7. The first kappa shape index (κ1) is 57.1. The minimum atomic E-state index is -4.87. The highest BCUT2D eigenvalue weighted by atomic mass is 31.2. The summed E-state index contributed by atoms with van der Waals surface area (Å²) in [5.74, 6) is -1.06. The zero-order valence-electron chi connectivity index (χ0n) is 36.3. The van der Waals surface area contributed by atoms with Gasteiger partial charge in [0.15, 0.2) is 6.10 Å². The molecule has 13 nitrogen and oxygen atoms in total. The third-order valence-electron chi connectivity index (χ3n) is 9.21. The average molecular weight is 879 g/mol. The van der Waals surface area contributed by atoms with Crippen LogP contribution in [0.5, 0.6) is 0 Å². The number of phosphoric acid groups is 2. The Balaban J connectivity index is 4.56. The number of unbranched alkanes of at least 4 members (excludes halogenated alkanes) is 18. The molecular weight excluding hydrogens is 798 g/mol. The summed E-state index contributed by atoms with van der Waals surface area (Å²) < 4.78 is 47.8. The minimum absolute atomic E-state index is 0.0943. The number of ether oxygens (including phenoxy) is 2. The van der Waals surface area contributed by atoms with Crippen LogP contribution in [0.25, 0.3) is 0 Å². The van der Waals surface area contributed by atoms with Crippen LogP contribution in [0, 0.1) is 0 Å². The van der Waals surface area contributed by atoms with Gasteiger partial charge in [-0.15, -0.1) is 0 Å². The van der Waals surface area contributed by atoms with Crippen LogP contribution in [0.2, 0.25) is 0 Å². The quantitative estimate of drug-likeness (QED) is 0.0196. The highest BCUT2D eigenvalue weighted by Crippen LogP contribution is 2.43. The summed E-state index contributed by atoms with van der Waals surface area (Å²) in [6.07, 6.45) is 41.0. The number of hydrogen-bond acceptors (Lipinski definition) is 10. The largest absolute Gasteiger partial charge is 0.472 e. The predicted octanol–water partition coefficient (Wildman–Crippen LogP) is 11.5. The molecule has 15 heteroatoms. The van der Waals surface area contributed by atoms with Crippen LogP contribution in [-0.2, 0) is 41.8 Å². The zero-order chi connectivity index (χ0) is 43.7. The highest BCUT2D eigenvalue weighted by molar-refractivity contribution is 7.47. The maximum Gasteiger partial charge on any atom is 0.472 e. The molecule has 0 saturated carbocycles.